The maximum absolute atomic E-state index is 12.7. The van der Waals surface area contributed by atoms with E-state index in [0.717, 1.165) is 0 Å². The Morgan fingerprint density at radius 2 is 1.58 bits per heavy atom. The van der Waals surface area contributed by atoms with E-state index < -0.39 is 5.41 Å². The number of hydrogen-bond donors (Lipinski definition) is 2. The Kier molecular flexibility index (Phi) is 8.33. The van der Waals surface area contributed by atoms with Crippen molar-refractivity contribution in [2.75, 3.05) is 22.1 Å². The maximum Gasteiger partial charge on any atom is 0.229 e. The number of nitrogens with one attached hydrogen (secondary N) is 2. The number of rotatable bonds is 8. The number of benzene rings is 2. The van der Waals surface area contributed by atoms with Crippen LogP contribution in [0.15, 0.2) is 54.6 Å². The third kappa shape index (κ3) is 7.59. The van der Waals surface area contributed by atoms with Crippen LogP contribution in [0.1, 0.15) is 40.0 Å². The highest BCUT2D eigenvalue weighted by molar-refractivity contribution is 5.99. The van der Waals surface area contributed by atoms with Crippen molar-refractivity contribution in [2.24, 2.45) is 5.41 Å². The van der Waals surface area contributed by atoms with Crippen molar-refractivity contribution in [1.82, 2.24) is 0 Å². The van der Waals surface area contributed by atoms with Crippen LogP contribution in [0, 0.1) is 16.7 Å². The lowest BCUT2D eigenvalue weighted by atomic mass is 9.95. The molecule has 0 unspecified atom stereocenters. The lowest BCUT2D eigenvalue weighted by molar-refractivity contribution is -0.123. The van der Waals surface area contributed by atoms with Crippen LogP contribution in [0.5, 0.6) is 0 Å². The third-order valence-corrected chi connectivity index (χ3v) is 4.47. The van der Waals surface area contributed by atoms with Crippen LogP contribution in [0.25, 0.3) is 0 Å². The van der Waals surface area contributed by atoms with E-state index in [-0.39, 0.29) is 43.5 Å². The molecular weight excluding hydrogens is 392 g/mol. The molecule has 162 valence electrons. The van der Waals surface area contributed by atoms with Crippen LogP contribution in [-0.2, 0) is 14.4 Å². The van der Waals surface area contributed by atoms with Crippen LogP contribution in [0.4, 0.5) is 17.1 Å². The molecule has 0 fully saturated rings. The summed E-state index contributed by atoms with van der Waals surface area (Å²) in [5.41, 5.74) is 1.29. The van der Waals surface area contributed by atoms with E-state index in [1.54, 1.807) is 36.4 Å². The summed E-state index contributed by atoms with van der Waals surface area (Å²) in [6, 6.07) is 18.0. The molecule has 0 heterocycles. The SMILES string of the molecule is CC(C)(C)C(=O)Nc1cccc(NC(=O)CCC(=O)N(CCC#N)c2ccccc2)c1. The van der Waals surface area contributed by atoms with Crippen molar-refractivity contribution in [2.45, 2.75) is 40.0 Å². The van der Waals surface area contributed by atoms with Gasteiger partial charge in [-0.05, 0) is 30.3 Å². The van der Waals surface area contributed by atoms with E-state index in [1.807, 2.05) is 45.0 Å². The van der Waals surface area contributed by atoms with E-state index in [2.05, 4.69) is 10.6 Å². The quantitative estimate of drug-likeness (QED) is 0.663. The molecule has 2 aromatic carbocycles. The summed E-state index contributed by atoms with van der Waals surface area (Å²) in [6.07, 6.45) is 0.236. The number of anilines is 3. The average Bonchev–Trinajstić information content (AvgIpc) is 2.73. The topological polar surface area (TPSA) is 102 Å². The average molecular weight is 421 g/mol. The third-order valence-electron chi connectivity index (χ3n) is 4.47. The Morgan fingerprint density at radius 1 is 0.935 bits per heavy atom. The van der Waals surface area contributed by atoms with Crippen LogP contribution in [0.2, 0.25) is 0 Å². The largest absolute Gasteiger partial charge is 0.326 e. The standard InChI is InChI=1S/C24H28N4O3/c1-24(2,3)23(31)27-19-10-7-9-18(17-19)26-21(29)13-14-22(30)28(16-8-15-25)20-11-5-4-6-12-20/h4-7,9-12,17H,8,13-14,16H2,1-3H3,(H,26,29)(H,27,31). The van der Waals surface area contributed by atoms with Gasteiger partial charge in [0.1, 0.15) is 0 Å². The molecule has 3 amide bonds. The Morgan fingerprint density at radius 3 is 2.19 bits per heavy atom. The van der Waals surface area contributed by atoms with E-state index in [1.165, 1.54) is 4.90 Å². The normalized spacial score (nSPS) is 10.6. The number of nitrogens with zero attached hydrogens (tertiary/aromatic N) is 2. The first-order valence-electron chi connectivity index (χ1n) is 10.1. The molecule has 31 heavy (non-hydrogen) atoms. The van der Waals surface area contributed by atoms with E-state index in [4.69, 9.17) is 5.26 Å². The number of carbonyl (C=O) groups is 3. The number of carbonyl (C=O) groups excluding carboxylic acids is 3. The zero-order chi connectivity index (χ0) is 22.9. The van der Waals surface area contributed by atoms with Gasteiger partial charge in [-0.3, -0.25) is 14.4 Å². The fraction of sp³-hybridized carbons (Fsp3) is 0.333. The van der Waals surface area contributed by atoms with Gasteiger partial charge < -0.3 is 15.5 Å². The minimum atomic E-state index is -0.532. The molecule has 0 radical (unpaired) electrons. The van der Waals surface area contributed by atoms with Crippen molar-refractivity contribution in [3.05, 3.63) is 54.6 Å². The van der Waals surface area contributed by atoms with Gasteiger partial charge in [0, 0.05) is 41.9 Å². The maximum atomic E-state index is 12.7. The molecule has 0 saturated heterocycles. The van der Waals surface area contributed by atoms with Crippen molar-refractivity contribution < 1.29 is 14.4 Å². The van der Waals surface area contributed by atoms with Crippen LogP contribution in [0.3, 0.4) is 0 Å². The molecule has 2 aromatic rings. The lowest BCUT2D eigenvalue weighted by Gasteiger charge is -2.21. The minimum absolute atomic E-state index is 0.00724. The monoisotopic (exact) mass is 420 g/mol. The molecule has 2 N–H and O–H groups in total. The predicted molar refractivity (Wildman–Crippen MR) is 121 cm³/mol. The number of hydrogen-bond acceptors (Lipinski definition) is 4. The van der Waals surface area contributed by atoms with E-state index in [9.17, 15) is 14.4 Å². The second-order valence-electron chi connectivity index (χ2n) is 8.12. The molecule has 0 saturated carbocycles. The molecular formula is C24H28N4O3. The Balaban J connectivity index is 1.95. The number of amides is 3. The fourth-order valence-electron chi connectivity index (χ4n) is 2.74. The van der Waals surface area contributed by atoms with Crippen molar-refractivity contribution >= 4 is 34.8 Å². The summed E-state index contributed by atoms with van der Waals surface area (Å²) in [4.78, 5) is 38.7. The van der Waals surface area contributed by atoms with Gasteiger partial charge in [-0.15, -0.1) is 0 Å². The summed E-state index contributed by atoms with van der Waals surface area (Å²) < 4.78 is 0. The van der Waals surface area contributed by atoms with Crippen LogP contribution < -0.4 is 15.5 Å². The van der Waals surface area contributed by atoms with Gasteiger partial charge in [0.25, 0.3) is 0 Å². The minimum Gasteiger partial charge on any atom is -0.326 e. The number of nitriles is 1. The molecule has 0 atom stereocenters. The van der Waals surface area contributed by atoms with Crippen molar-refractivity contribution in [1.29, 1.82) is 5.26 Å². The lowest BCUT2D eigenvalue weighted by Crippen LogP contribution is -2.32. The highest BCUT2D eigenvalue weighted by Crippen LogP contribution is 2.20. The zero-order valence-electron chi connectivity index (χ0n) is 18.1. The molecule has 0 spiro atoms. The van der Waals surface area contributed by atoms with Crippen LogP contribution >= 0.6 is 0 Å². The Bertz CT molecular complexity index is 959. The summed E-state index contributed by atoms with van der Waals surface area (Å²) in [7, 11) is 0. The highest BCUT2D eigenvalue weighted by Gasteiger charge is 2.21. The highest BCUT2D eigenvalue weighted by atomic mass is 16.2. The summed E-state index contributed by atoms with van der Waals surface area (Å²) in [5, 5.41) is 14.4. The molecule has 2 rings (SSSR count). The first kappa shape index (κ1) is 23.6. The first-order valence-corrected chi connectivity index (χ1v) is 10.1. The van der Waals surface area contributed by atoms with Gasteiger partial charge in [-0.1, -0.05) is 45.0 Å². The van der Waals surface area contributed by atoms with Crippen molar-refractivity contribution in [3.8, 4) is 6.07 Å². The van der Waals surface area contributed by atoms with E-state index in [0.29, 0.717) is 17.1 Å². The van der Waals surface area contributed by atoms with Gasteiger partial charge in [-0.2, -0.15) is 5.26 Å². The summed E-state index contributed by atoms with van der Waals surface area (Å²) in [6.45, 7) is 5.73. The van der Waals surface area contributed by atoms with Crippen LogP contribution in [-0.4, -0.2) is 24.3 Å². The molecule has 7 heteroatoms. The molecule has 0 aromatic heterocycles. The predicted octanol–water partition coefficient (Wildman–Crippen LogP) is 4.34. The molecule has 0 aliphatic heterocycles. The molecule has 0 aliphatic carbocycles. The summed E-state index contributed by atoms with van der Waals surface area (Å²) in [5.74, 6) is -0.649. The first-order chi connectivity index (χ1) is 14.7. The second-order valence-corrected chi connectivity index (χ2v) is 8.12. The Hall–Kier alpha value is -3.66. The van der Waals surface area contributed by atoms with Gasteiger partial charge in [0.15, 0.2) is 0 Å². The smallest absolute Gasteiger partial charge is 0.229 e. The Labute approximate surface area is 183 Å². The summed E-state index contributed by atoms with van der Waals surface area (Å²) >= 11 is 0. The van der Waals surface area contributed by atoms with Gasteiger partial charge in [0.2, 0.25) is 17.7 Å². The van der Waals surface area contributed by atoms with Gasteiger partial charge in [0.05, 0.1) is 12.5 Å². The molecule has 0 aliphatic rings. The fourth-order valence-corrected chi connectivity index (χ4v) is 2.74. The van der Waals surface area contributed by atoms with E-state index >= 15 is 0 Å². The zero-order valence-corrected chi connectivity index (χ0v) is 18.1. The second kappa shape index (κ2) is 10.9. The number of para-hydroxylation sites is 1. The van der Waals surface area contributed by atoms with Gasteiger partial charge in [-0.25, -0.2) is 0 Å². The molecule has 7 nitrogen and oxygen atoms in total. The van der Waals surface area contributed by atoms with Crippen molar-refractivity contribution in [3.63, 3.8) is 0 Å². The van der Waals surface area contributed by atoms with Gasteiger partial charge >= 0.3 is 0 Å². The molecule has 0 bridgehead atoms.